The minimum absolute atomic E-state index is 0.132. The van der Waals surface area contributed by atoms with Gasteiger partial charge in [-0.05, 0) is 51.4 Å². The highest BCUT2D eigenvalue weighted by Gasteiger charge is 2.13. The first-order valence-electron chi connectivity index (χ1n) is 6.03. The van der Waals surface area contributed by atoms with Crippen molar-refractivity contribution in [2.75, 3.05) is 0 Å². The molecule has 0 aromatic carbocycles. The Balaban J connectivity index is 2.11. The van der Waals surface area contributed by atoms with Gasteiger partial charge in [-0.25, -0.2) is 0 Å². The fourth-order valence-electron chi connectivity index (χ4n) is 2.00. The van der Waals surface area contributed by atoms with Crippen molar-refractivity contribution in [3.8, 4) is 33.7 Å². The van der Waals surface area contributed by atoms with E-state index in [1.807, 2.05) is 23.6 Å². The molecule has 0 bridgehead atoms. The highest BCUT2D eigenvalue weighted by molar-refractivity contribution is 7.15. The molecular formula is C16H8N2S3. The Morgan fingerprint density at radius 2 is 1.71 bits per heavy atom. The molecule has 3 rings (SSSR count). The van der Waals surface area contributed by atoms with Gasteiger partial charge in [0.05, 0.1) is 0 Å². The highest BCUT2D eigenvalue weighted by atomic mass is 32.1. The van der Waals surface area contributed by atoms with Crippen LogP contribution in [0.4, 0.5) is 0 Å². The van der Waals surface area contributed by atoms with Crippen LogP contribution in [0.5, 0.6) is 0 Å². The second-order valence-electron chi connectivity index (χ2n) is 4.16. The lowest BCUT2D eigenvalue weighted by atomic mass is 10.1. The molecule has 0 spiro atoms. The summed E-state index contributed by atoms with van der Waals surface area (Å²) in [5, 5.41) is 26.1. The van der Waals surface area contributed by atoms with Crippen molar-refractivity contribution in [3.05, 3.63) is 50.2 Å². The number of hydrogen-bond acceptors (Lipinski definition) is 5. The SMILES string of the molecule is N#CC(C#N)=Cc1sccc1-c1sccc1-c1ccsc1. The summed E-state index contributed by atoms with van der Waals surface area (Å²) < 4.78 is 0. The van der Waals surface area contributed by atoms with Crippen molar-refractivity contribution in [3.63, 3.8) is 0 Å². The average molecular weight is 324 g/mol. The summed E-state index contributed by atoms with van der Waals surface area (Å²) in [6, 6.07) is 10.1. The second-order valence-corrected chi connectivity index (χ2v) is 6.80. The summed E-state index contributed by atoms with van der Waals surface area (Å²) in [6.07, 6.45) is 1.66. The first-order chi connectivity index (χ1) is 10.3. The first kappa shape index (κ1) is 13.8. The van der Waals surface area contributed by atoms with Crippen molar-refractivity contribution in [2.45, 2.75) is 0 Å². The van der Waals surface area contributed by atoms with Crippen molar-refractivity contribution in [1.29, 1.82) is 10.5 Å². The molecule has 0 N–H and O–H groups in total. The lowest BCUT2D eigenvalue weighted by molar-refractivity contribution is 1.47. The highest BCUT2D eigenvalue weighted by Crippen LogP contribution is 2.41. The second kappa shape index (κ2) is 6.07. The molecule has 0 amide bonds. The van der Waals surface area contributed by atoms with Gasteiger partial charge in [-0.1, -0.05) is 0 Å². The van der Waals surface area contributed by atoms with E-state index in [-0.39, 0.29) is 5.57 Å². The standard InChI is InChI=1S/C16H8N2S3/c17-8-11(9-18)7-15-14(3-5-20-15)16-13(2-6-21-16)12-1-4-19-10-12/h1-7,10H. The van der Waals surface area contributed by atoms with Crippen LogP contribution in [-0.4, -0.2) is 0 Å². The molecule has 21 heavy (non-hydrogen) atoms. The van der Waals surface area contributed by atoms with E-state index in [0.717, 1.165) is 10.4 Å². The summed E-state index contributed by atoms with van der Waals surface area (Å²) in [5.41, 5.74) is 3.62. The van der Waals surface area contributed by atoms with E-state index in [2.05, 4.69) is 28.3 Å². The number of thiophene rings is 3. The fourth-order valence-corrected chi connectivity index (χ4v) is 4.52. The smallest absolute Gasteiger partial charge is 0.131 e. The molecule has 0 saturated carbocycles. The van der Waals surface area contributed by atoms with E-state index in [0.29, 0.717) is 0 Å². The van der Waals surface area contributed by atoms with Gasteiger partial charge in [-0.2, -0.15) is 21.9 Å². The maximum atomic E-state index is 8.92. The number of nitriles is 2. The van der Waals surface area contributed by atoms with Gasteiger partial charge in [0.2, 0.25) is 0 Å². The molecule has 0 unspecified atom stereocenters. The molecule has 0 aliphatic carbocycles. The van der Waals surface area contributed by atoms with Gasteiger partial charge in [0.1, 0.15) is 17.7 Å². The van der Waals surface area contributed by atoms with E-state index in [4.69, 9.17) is 10.5 Å². The summed E-state index contributed by atoms with van der Waals surface area (Å²) in [7, 11) is 0. The Kier molecular flexibility index (Phi) is 3.98. The summed E-state index contributed by atoms with van der Waals surface area (Å²) >= 11 is 4.90. The van der Waals surface area contributed by atoms with Crippen LogP contribution in [0.3, 0.4) is 0 Å². The van der Waals surface area contributed by atoms with Crippen LogP contribution in [0, 0.1) is 22.7 Å². The van der Waals surface area contributed by atoms with Crippen molar-refractivity contribution < 1.29 is 0 Å². The van der Waals surface area contributed by atoms with E-state index in [9.17, 15) is 0 Å². The lowest BCUT2D eigenvalue weighted by Gasteiger charge is -2.02. The predicted molar refractivity (Wildman–Crippen MR) is 90.1 cm³/mol. The number of hydrogen-bond donors (Lipinski definition) is 0. The zero-order valence-corrected chi connectivity index (χ0v) is 13.2. The van der Waals surface area contributed by atoms with Gasteiger partial charge < -0.3 is 0 Å². The molecule has 3 aromatic rings. The quantitative estimate of drug-likeness (QED) is 0.586. The lowest BCUT2D eigenvalue weighted by Crippen LogP contribution is -1.78. The van der Waals surface area contributed by atoms with Crippen LogP contribution >= 0.6 is 34.0 Å². The summed E-state index contributed by atoms with van der Waals surface area (Å²) in [6.45, 7) is 0. The fraction of sp³-hybridized carbons (Fsp3) is 0. The maximum absolute atomic E-state index is 8.92. The van der Waals surface area contributed by atoms with E-state index >= 15 is 0 Å². The van der Waals surface area contributed by atoms with Gasteiger partial charge in [0.25, 0.3) is 0 Å². The molecule has 3 aromatic heterocycles. The van der Waals surface area contributed by atoms with Gasteiger partial charge in [0.15, 0.2) is 0 Å². The monoisotopic (exact) mass is 324 g/mol. The minimum Gasteiger partial charge on any atom is -0.192 e. The van der Waals surface area contributed by atoms with Crippen LogP contribution in [0.2, 0.25) is 0 Å². The molecule has 3 heterocycles. The molecule has 2 nitrogen and oxygen atoms in total. The molecule has 0 saturated heterocycles. The molecule has 0 fully saturated rings. The Morgan fingerprint density at radius 3 is 2.43 bits per heavy atom. The van der Waals surface area contributed by atoms with E-state index in [1.165, 1.54) is 16.0 Å². The largest absolute Gasteiger partial charge is 0.192 e. The van der Waals surface area contributed by atoms with Crippen molar-refractivity contribution in [2.24, 2.45) is 0 Å². The Morgan fingerprint density at radius 1 is 0.952 bits per heavy atom. The van der Waals surface area contributed by atoms with E-state index < -0.39 is 0 Å². The molecular weight excluding hydrogens is 316 g/mol. The molecule has 100 valence electrons. The van der Waals surface area contributed by atoms with Crippen LogP contribution in [0.25, 0.3) is 27.6 Å². The summed E-state index contributed by atoms with van der Waals surface area (Å²) in [4.78, 5) is 2.13. The topological polar surface area (TPSA) is 47.6 Å². The van der Waals surface area contributed by atoms with Crippen molar-refractivity contribution in [1.82, 2.24) is 0 Å². The Hall–Kier alpha value is -2.18. The predicted octanol–water partition coefficient (Wildman–Crippen LogP) is 5.64. The molecule has 0 atom stereocenters. The molecule has 5 heteroatoms. The average Bonchev–Trinajstić information content (AvgIpc) is 3.22. The van der Waals surface area contributed by atoms with Gasteiger partial charge in [-0.15, -0.1) is 22.7 Å². The van der Waals surface area contributed by atoms with Crippen LogP contribution in [0.15, 0.2) is 45.3 Å². The zero-order chi connectivity index (χ0) is 14.7. The maximum Gasteiger partial charge on any atom is 0.131 e. The number of nitrogens with zero attached hydrogens (tertiary/aromatic N) is 2. The summed E-state index contributed by atoms with van der Waals surface area (Å²) in [5.74, 6) is 0. The minimum atomic E-state index is 0.132. The number of rotatable bonds is 3. The Labute approximate surface area is 134 Å². The number of allylic oxidation sites excluding steroid dienone is 1. The van der Waals surface area contributed by atoms with Gasteiger partial charge in [0, 0.05) is 20.9 Å². The zero-order valence-electron chi connectivity index (χ0n) is 10.7. The van der Waals surface area contributed by atoms with Crippen LogP contribution in [0.1, 0.15) is 4.88 Å². The van der Waals surface area contributed by atoms with Crippen LogP contribution in [-0.2, 0) is 0 Å². The third kappa shape index (κ3) is 2.68. The molecule has 0 aliphatic heterocycles. The molecule has 0 radical (unpaired) electrons. The third-order valence-electron chi connectivity index (χ3n) is 2.95. The molecule has 0 aliphatic rings. The van der Waals surface area contributed by atoms with E-state index in [1.54, 1.807) is 40.1 Å². The third-order valence-corrected chi connectivity index (χ3v) is 5.45. The van der Waals surface area contributed by atoms with Gasteiger partial charge in [-0.3, -0.25) is 0 Å². The van der Waals surface area contributed by atoms with Crippen molar-refractivity contribution >= 4 is 40.1 Å². The normalized spacial score (nSPS) is 9.81. The van der Waals surface area contributed by atoms with Gasteiger partial charge >= 0.3 is 0 Å². The Bertz CT molecular complexity index is 851. The van der Waals surface area contributed by atoms with Crippen LogP contribution < -0.4 is 0 Å². The first-order valence-corrected chi connectivity index (χ1v) is 8.73.